The highest BCUT2D eigenvalue weighted by Gasteiger charge is 2.07. The van der Waals surface area contributed by atoms with Crippen molar-refractivity contribution in [2.75, 3.05) is 11.6 Å². The van der Waals surface area contributed by atoms with Gasteiger partial charge in [-0.3, -0.25) is 0 Å². The standard InChI is InChI=1S/C5H12N6/c1-3(6)2-4-9-10-5(7)11(4)8/h3H,2,6,8H2,1H3,(H2,7,10). The van der Waals surface area contributed by atoms with Crippen LogP contribution in [0, 0.1) is 0 Å². The van der Waals surface area contributed by atoms with Gasteiger partial charge in [0.15, 0.2) is 5.82 Å². The molecule has 1 heterocycles. The smallest absolute Gasteiger partial charge is 0.240 e. The molecule has 6 N–H and O–H groups in total. The van der Waals surface area contributed by atoms with E-state index in [0.717, 1.165) is 0 Å². The van der Waals surface area contributed by atoms with E-state index in [9.17, 15) is 0 Å². The molecule has 0 aromatic carbocycles. The zero-order valence-electron chi connectivity index (χ0n) is 6.36. The molecule has 0 radical (unpaired) electrons. The first kappa shape index (κ1) is 7.80. The number of rotatable bonds is 2. The monoisotopic (exact) mass is 156 g/mol. The molecule has 62 valence electrons. The van der Waals surface area contributed by atoms with Crippen LogP contribution in [0.2, 0.25) is 0 Å². The van der Waals surface area contributed by atoms with E-state index >= 15 is 0 Å². The van der Waals surface area contributed by atoms with Crippen molar-refractivity contribution in [3.05, 3.63) is 5.82 Å². The normalized spacial score (nSPS) is 13.3. The summed E-state index contributed by atoms with van der Waals surface area (Å²) < 4.78 is 1.24. The highest BCUT2D eigenvalue weighted by atomic mass is 15.4. The van der Waals surface area contributed by atoms with E-state index in [0.29, 0.717) is 12.2 Å². The molecule has 6 heteroatoms. The minimum absolute atomic E-state index is 0.0147. The second-order valence-electron chi connectivity index (χ2n) is 2.53. The van der Waals surface area contributed by atoms with E-state index in [1.54, 1.807) is 0 Å². The number of nitrogen functional groups attached to an aromatic ring is 2. The van der Waals surface area contributed by atoms with Gasteiger partial charge in [0.25, 0.3) is 0 Å². The molecule has 0 bridgehead atoms. The highest BCUT2D eigenvalue weighted by molar-refractivity contribution is 5.17. The van der Waals surface area contributed by atoms with Crippen LogP contribution in [0.3, 0.4) is 0 Å². The lowest BCUT2D eigenvalue weighted by atomic mass is 10.2. The number of anilines is 1. The fraction of sp³-hybridized carbons (Fsp3) is 0.600. The van der Waals surface area contributed by atoms with E-state index in [1.807, 2.05) is 6.92 Å². The van der Waals surface area contributed by atoms with Gasteiger partial charge in [0.1, 0.15) is 0 Å². The molecule has 0 saturated heterocycles. The largest absolute Gasteiger partial charge is 0.366 e. The van der Waals surface area contributed by atoms with Crippen LogP contribution in [0.1, 0.15) is 12.7 Å². The molecule has 0 fully saturated rings. The van der Waals surface area contributed by atoms with E-state index in [2.05, 4.69) is 10.2 Å². The van der Waals surface area contributed by atoms with Crippen LogP contribution in [0.25, 0.3) is 0 Å². The lowest BCUT2D eigenvalue weighted by Gasteiger charge is -2.02. The number of aromatic nitrogens is 3. The van der Waals surface area contributed by atoms with Crippen molar-refractivity contribution in [1.82, 2.24) is 14.9 Å². The molecule has 1 atom stereocenters. The SMILES string of the molecule is CC(N)Cc1nnc(N)n1N. The lowest BCUT2D eigenvalue weighted by Crippen LogP contribution is -2.23. The maximum atomic E-state index is 5.53. The van der Waals surface area contributed by atoms with Crippen molar-refractivity contribution >= 4 is 5.95 Å². The van der Waals surface area contributed by atoms with Crippen LogP contribution in [0.4, 0.5) is 5.95 Å². The zero-order valence-corrected chi connectivity index (χ0v) is 6.36. The molecule has 0 spiro atoms. The van der Waals surface area contributed by atoms with Crippen LogP contribution < -0.4 is 17.3 Å². The van der Waals surface area contributed by atoms with Crippen LogP contribution in [0.15, 0.2) is 0 Å². The van der Waals surface area contributed by atoms with Gasteiger partial charge in [-0.05, 0) is 6.92 Å². The summed E-state index contributed by atoms with van der Waals surface area (Å²) in [6.45, 7) is 1.87. The first-order valence-corrected chi connectivity index (χ1v) is 3.31. The van der Waals surface area contributed by atoms with Gasteiger partial charge in [-0.2, -0.15) is 0 Å². The van der Waals surface area contributed by atoms with Crippen molar-refractivity contribution in [3.8, 4) is 0 Å². The molecule has 0 aliphatic carbocycles. The van der Waals surface area contributed by atoms with Crippen molar-refractivity contribution in [2.45, 2.75) is 19.4 Å². The van der Waals surface area contributed by atoms with Gasteiger partial charge in [0.2, 0.25) is 5.95 Å². The maximum absolute atomic E-state index is 5.53. The Bertz CT molecular complexity index is 239. The summed E-state index contributed by atoms with van der Waals surface area (Å²) in [6.07, 6.45) is 0.584. The Kier molecular flexibility index (Phi) is 1.95. The summed E-state index contributed by atoms with van der Waals surface area (Å²) in [7, 11) is 0. The Morgan fingerprint density at radius 3 is 2.55 bits per heavy atom. The Labute approximate surface area is 64.3 Å². The van der Waals surface area contributed by atoms with Crippen LogP contribution in [-0.2, 0) is 6.42 Å². The Hall–Kier alpha value is -1.30. The third-order valence-corrected chi connectivity index (χ3v) is 1.30. The molecule has 0 amide bonds. The second kappa shape index (κ2) is 2.75. The summed E-state index contributed by atoms with van der Waals surface area (Å²) in [6, 6.07) is 0.0147. The minimum Gasteiger partial charge on any atom is -0.366 e. The third-order valence-electron chi connectivity index (χ3n) is 1.30. The van der Waals surface area contributed by atoms with Gasteiger partial charge < -0.3 is 17.3 Å². The average molecular weight is 156 g/mol. The Morgan fingerprint density at radius 1 is 1.55 bits per heavy atom. The summed E-state index contributed by atoms with van der Waals surface area (Å²) >= 11 is 0. The molecule has 11 heavy (non-hydrogen) atoms. The van der Waals surface area contributed by atoms with Crippen molar-refractivity contribution in [3.63, 3.8) is 0 Å². The fourth-order valence-corrected chi connectivity index (χ4v) is 0.765. The lowest BCUT2D eigenvalue weighted by molar-refractivity contribution is 0.682. The molecule has 1 aromatic rings. The predicted molar refractivity (Wildman–Crippen MR) is 41.9 cm³/mol. The first-order valence-electron chi connectivity index (χ1n) is 3.31. The van der Waals surface area contributed by atoms with Crippen molar-refractivity contribution < 1.29 is 0 Å². The molecule has 0 aliphatic rings. The Morgan fingerprint density at radius 2 is 2.18 bits per heavy atom. The quantitative estimate of drug-likeness (QED) is 0.450. The molecular formula is C5H12N6. The van der Waals surface area contributed by atoms with Gasteiger partial charge in [0.05, 0.1) is 0 Å². The van der Waals surface area contributed by atoms with Gasteiger partial charge in [-0.1, -0.05) is 0 Å². The molecule has 1 aromatic heterocycles. The predicted octanol–water partition coefficient (Wildman–Crippen LogP) is -1.54. The van der Waals surface area contributed by atoms with Gasteiger partial charge >= 0.3 is 0 Å². The summed E-state index contributed by atoms with van der Waals surface area (Å²) in [4.78, 5) is 0. The second-order valence-corrected chi connectivity index (χ2v) is 2.53. The molecular weight excluding hydrogens is 144 g/mol. The number of nitrogens with zero attached hydrogens (tertiary/aromatic N) is 3. The fourth-order valence-electron chi connectivity index (χ4n) is 0.765. The number of hydrogen-bond acceptors (Lipinski definition) is 5. The van der Waals surface area contributed by atoms with Crippen LogP contribution in [0.5, 0.6) is 0 Å². The van der Waals surface area contributed by atoms with Gasteiger partial charge in [-0.15, -0.1) is 10.2 Å². The molecule has 1 rings (SSSR count). The summed E-state index contributed by atoms with van der Waals surface area (Å²) in [5.74, 6) is 6.28. The zero-order chi connectivity index (χ0) is 8.43. The van der Waals surface area contributed by atoms with Gasteiger partial charge in [-0.25, -0.2) is 4.68 Å². The minimum atomic E-state index is 0.0147. The van der Waals surface area contributed by atoms with Gasteiger partial charge in [0, 0.05) is 12.5 Å². The Balaban J connectivity index is 2.79. The first-order chi connectivity index (χ1) is 5.11. The number of nitrogens with two attached hydrogens (primary N) is 3. The van der Waals surface area contributed by atoms with E-state index in [4.69, 9.17) is 17.3 Å². The molecule has 6 nitrogen and oxygen atoms in total. The van der Waals surface area contributed by atoms with Crippen molar-refractivity contribution in [2.24, 2.45) is 5.73 Å². The van der Waals surface area contributed by atoms with E-state index in [1.165, 1.54) is 4.68 Å². The number of hydrogen-bond donors (Lipinski definition) is 3. The summed E-state index contributed by atoms with van der Waals surface area (Å²) in [5, 5.41) is 7.32. The topological polar surface area (TPSA) is 109 Å². The van der Waals surface area contributed by atoms with Crippen molar-refractivity contribution in [1.29, 1.82) is 0 Å². The maximum Gasteiger partial charge on any atom is 0.240 e. The summed E-state index contributed by atoms with van der Waals surface area (Å²) in [5.41, 5.74) is 10.9. The highest BCUT2D eigenvalue weighted by Crippen LogP contribution is 1.99. The van der Waals surface area contributed by atoms with E-state index in [-0.39, 0.29) is 12.0 Å². The van der Waals surface area contributed by atoms with Crippen LogP contribution >= 0.6 is 0 Å². The van der Waals surface area contributed by atoms with Crippen LogP contribution in [-0.4, -0.2) is 20.9 Å². The molecule has 0 aliphatic heterocycles. The molecule has 0 saturated carbocycles. The average Bonchev–Trinajstić information content (AvgIpc) is 2.18. The third kappa shape index (κ3) is 1.58. The van der Waals surface area contributed by atoms with E-state index < -0.39 is 0 Å². The molecule has 1 unspecified atom stereocenters.